The van der Waals surface area contributed by atoms with Gasteiger partial charge in [-0.25, -0.2) is 8.37 Å². The van der Waals surface area contributed by atoms with Crippen LogP contribution < -0.4 is 113 Å². The summed E-state index contributed by atoms with van der Waals surface area (Å²) in [5.41, 5.74) is -3.89. The molecule has 1 saturated heterocycles. The number of ether oxygens (including phenoxy) is 3. The quantitative estimate of drug-likeness (QED) is 0.0354. The Balaban J connectivity index is 0.00000378. The van der Waals surface area contributed by atoms with Gasteiger partial charge in [0.1, 0.15) is 12.2 Å². The molecule has 0 aromatic heterocycles. The van der Waals surface area contributed by atoms with Crippen molar-refractivity contribution in [3.63, 3.8) is 0 Å². The van der Waals surface area contributed by atoms with E-state index in [1.54, 1.807) is 20.8 Å². The Kier molecular flexibility index (Phi) is 16.1. The van der Waals surface area contributed by atoms with E-state index in [0.29, 0.717) is 31.3 Å². The van der Waals surface area contributed by atoms with Crippen LogP contribution in [0.25, 0.3) is 0 Å². The van der Waals surface area contributed by atoms with Crippen LogP contribution in [-0.4, -0.2) is 104 Å². The molecule has 12 atom stereocenters. The van der Waals surface area contributed by atoms with Crippen LogP contribution in [0.2, 0.25) is 0 Å². The maximum Gasteiger partial charge on any atom is 1.00 e. The first-order valence-electron chi connectivity index (χ1n) is 16.7. The molecule has 0 radical (unpaired) electrons. The van der Waals surface area contributed by atoms with Gasteiger partial charge in [-0.2, -0.15) is 16.8 Å². The number of aliphatic hydroxyl groups excluding tert-OH is 2. The predicted octanol–water partition coefficient (Wildman–Crippen LogP) is -7.54. The van der Waals surface area contributed by atoms with Crippen molar-refractivity contribution in [1.82, 2.24) is 0 Å². The van der Waals surface area contributed by atoms with Crippen LogP contribution in [0.4, 0.5) is 0 Å². The van der Waals surface area contributed by atoms with E-state index in [1.807, 2.05) is 0 Å². The van der Waals surface area contributed by atoms with E-state index in [0.717, 1.165) is 0 Å². The molecule has 0 aromatic carbocycles. The summed E-state index contributed by atoms with van der Waals surface area (Å²) in [6.07, 6.45) is -12.1. The maximum atomic E-state index is 13.0. The number of esters is 1. The molecule has 5 fully saturated rings. The summed E-state index contributed by atoms with van der Waals surface area (Å²) in [4.78, 5) is 38.9. The van der Waals surface area contributed by atoms with Gasteiger partial charge in [-0.3, -0.25) is 13.9 Å². The molecule has 0 aromatic rings. The molecule has 1 spiro atoms. The second-order valence-corrected chi connectivity index (χ2v) is 17.4. The van der Waals surface area contributed by atoms with Gasteiger partial charge in [0, 0.05) is 11.8 Å². The van der Waals surface area contributed by atoms with Crippen molar-refractivity contribution in [2.75, 3.05) is 6.61 Å². The number of rotatable bonds is 12. The van der Waals surface area contributed by atoms with Gasteiger partial charge in [-0.05, 0) is 79.6 Å². The average Bonchev–Trinajstić information content (AvgIpc) is 3.16. The van der Waals surface area contributed by atoms with Crippen molar-refractivity contribution in [1.29, 1.82) is 0 Å². The molecule has 1 aliphatic heterocycles. The van der Waals surface area contributed by atoms with Crippen LogP contribution in [-0.2, 0) is 57.8 Å². The van der Waals surface area contributed by atoms with E-state index in [-0.39, 0.29) is 134 Å². The summed E-state index contributed by atoms with van der Waals surface area (Å²) in [6.45, 7) is 7.91. The Hall–Kier alpha value is 1.00. The number of hydrogen-bond acceptors (Lipinski definition) is 16. The first-order chi connectivity index (χ1) is 23.5. The number of carbonyl (C=O) groups excluding carboxylic acids is 3. The van der Waals surface area contributed by atoms with Crippen LogP contribution in [0, 0.1) is 39.9 Å². The van der Waals surface area contributed by atoms with Gasteiger partial charge in [0.2, 0.25) is 0 Å². The minimum Gasteiger partial charge on any atom is -0.549 e. The monoisotopic (exact) mass is 846 g/mol. The minimum atomic E-state index is -5.53. The van der Waals surface area contributed by atoms with E-state index in [1.165, 1.54) is 0 Å². The average molecular weight is 847 g/mol. The molecular formula is C31H44K2O18S2. The summed E-state index contributed by atoms with van der Waals surface area (Å²) in [5.74, 6) is -6.70. The molecule has 4 aliphatic carbocycles. The first-order valence-corrected chi connectivity index (χ1v) is 19.4. The largest absolute Gasteiger partial charge is 1.00 e. The van der Waals surface area contributed by atoms with E-state index >= 15 is 0 Å². The summed E-state index contributed by atoms with van der Waals surface area (Å²) in [7, 11) is -11.0. The van der Waals surface area contributed by atoms with Gasteiger partial charge in [0.25, 0.3) is 0 Å². The standard InChI is InChI=1S/C31H46O18S2.2K/c1-14(2)9-21(33)47-24-23(49-51(42,43)44)22(48-50(39,40)41)18(13-32)46-26(24)45-17-11-29(4)19-6-5-16-10-30(19,25(34)15(16)3)8-7-20(29)31(12-17,27(35)36)28(37)38;;/h14,16-20,22-26,32,34H,3,5-13H2,1-2,4H3,(H,35,36)(H,37,38)(H,39,40,41)(H,42,43,44);;/q;2*+1/p-2/t16-,17?,18?,19?,20?,22?,23?,24?,25-,26?,29-,30+;;/m1../s1. The molecule has 1 heterocycles. The fraction of sp³-hybridized carbons (Fsp3) is 0.839. The normalized spacial score (nSPS) is 39.1. The molecule has 22 heteroatoms. The Morgan fingerprint density at radius 1 is 0.925 bits per heavy atom. The summed E-state index contributed by atoms with van der Waals surface area (Å²) < 4.78 is 93.2. The molecule has 5 aliphatic rings. The minimum absolute atomic E-state index is 0. The van der Waals surface area contributed by atoms with Gasteiger partial charge in [0.05, 0.1) is 36.2 Å². The Morgan fingerprint density at radius 3 is 2.04 bits per heavy atom. The number of aliphatic hydroxyl groups is 2. The summed E-state index contributed by atoms with van der Waals surface area (Å²) in [6, 6.07) is 0. The van der Waals surface area contributed by atoms with Gasteiger partial charge >= 0.3 is 130 Å². The van der Waals surface area contributed by atoms with E-state index < -0.39 is 123 Å². The maximum absolute atomic E-state index is 13.0. The van der Waals surface area contributed by atoms with Gasteiger partial charge in [0.15, 0.2) is 18.5 Å². The Labute approximate surface area is 393 Å². The molecule has 8 unspecified atom stereocenters. The number of aliphatic carboxylic acids is 2. The van der Waals surface area contributed by atoms with Crippen LogP contribution in [0.15, 0.2) is 12.2 Å². The molecule has 5 rings (SSSR count). The number of carboxylic acid groups (broad SMARTS) is 2. The summed E-state index contributed by atoms with van der Waals surface area (Å²) in [5, 5.41) is 47.6. The molecule has 4 N–H and O–H groups in total. The number of hydrogen-bond donors (Lipinski definition) is 4. The molecule has 53 heavy (non-hydrogen) atoms. The first kappa shape index (κ1) is 48.4. The fourth-order valence-electron chi connectivity index (χ4n) is 10.2. The smallest absolute Gasteiger partial charge is 0.549 e. The molecule has 290 valence electrons. The van der Waals surface area contributed by atoms with E-state index in [9.17, 15) is 60.8 Å². The van der Waals surface area contributed by atoms with Crippen molar-refractivity contribution in [2.24, 2.45) is 39.9 Å². The van der Waals surface area contributed by atoms with Gasteiger partial charge in [-0.15, -0.1) is 0 Å². The topological polar surface area (TPSA) is 293 Å². The second kappa shape index (κ2) is 17.7. The summed E-state index contributed by atoms with van der Waals surface area (Å²) >= 11 is 0. The number of fused-ring (bicyclic) bond motifs is 3. The number of carboxylic acids is 2. The van der Waals surface area contributed by atoms with Crippen molar-refractivity contribution < 1.29 is 186 Å². The Morgan fingerprint density at radius 2 is 1.51 bits per heavy atom. The Bertz CT molecular complexity index is 1630. The van der Waals surface area contributed by atoms with Crippen LogP contribution in [0.1, 0.15) is 72.1 Å². The zero-order chi connectivity index (χ0) is 38.1. The SMILES string of the molecule is C=C1[C@@H]2CCC3[C@@]4(C)CC(OC5OC(CO)C(OS(=O)(=O)O)C(OS(=O)(=O)O)C5OC(=O)CC(C)C)CC(C(=O)[O-])(C(=O)[O-])C4CC[C@@]3(C2)[C@@H]1O.[K+].[K+]. The third-order valence-corrected chi connectivity index (χ3v) is 12.9. The number of carbonyl (C=O) groups is 3. The van der Waals surface area contributed by atoms with E-state index in [4.69, 9.17) is 14.2 Å². The molecule has 4 saturated carbocycles. The second-order valence-electron chi connectivity index (χ2n) is 15.3. The van der Waals surface area contributed by atoms with Crippen molar-refractivity contribution in [2.45, 2.75) is 115 Å². The van der Waals surface area contributed by atoms with Crippen molar-refractivity contribution in [3.05, 3.63) is 12.2 Å². The van der Waals surface area contributed by atoms with Crippen LogP contribution in [0.3, 0.4) is 0 Å². The van der Waals surface area contributed by atoms with Crippen LogP contribution >= 0.6 is 0 Å². The molecular weight excluding hydrogens is 803 g/mol. The zero-order valence-corrected chi connectivity index (χ0v) is 38.1. The zero-order valence-electron chi connectivity index (χ0n) is 30.2. The van der Waals surface area contributed by atoms with Crippen molar-refractivity contribution >= 4 is 38.7 Å². The van der Waals surface area contributed by atoms with Crippen LogP contribution in [0.5, 0.6) is 0 Å². The third-order valence-electron chi connectivity index (χ3n) is 12.0. The molecule has 18 nitrogen and oxygen atoms in total. The predicted molar refractivity (Wildman–Crippen MR) is 164 cm³/mol. The fourth-order valence-corrected chi connectivity index (χ4v) is 11.2. The third kappa shape index (κ3) is 9.42. The van der Waals surface area contributed by atoms with Gasteiger partial charge in [-0.1, -0.05) is 27.4 Å². The molecule has 2 bridgehead atoms. The van der Waals surface area contributed by atoms with Gasteiger partial charge < -0.3 is 44.2 Å². The molecule has 0 amide bonds. The van der Waals surface area contributed by atoms with Crippen molar-refractivity contribution in [3.8, 4) is 0 Å². The van der Waals surface area contributed by atoms with E-state index in [2.05, 4.69) is 14.9 Å².